The van der Waals surface area contributed by atoms with Gasteiger partial charge in [-0.2, -0.15) is 0 Å². The zero-order chi connectivity index (χ0) is 13.9. The van der Waals surface area contributed by atoms with Crippen molar-refractivity contribution in [2.45, 2.75) is 20.0 Å². The van der Waals surface area contributed by atoms with E-state index in [4.69, 9.17) is 16.0 Å². The fourth-order valence-electron chi connectivity index (χ4n) is 2.15. The molecule has 0 amide bonds. The number of nitrogens with zero attached hydrogens (tertiary/aromatic N) is 1. The summed E-state index contributed by atoms with van der Waals surface area (Å²) in [5.74, 6) is 0.908. The van der Waals surface area contributed by atoms with Gasteiger partial charge < -0.3 is 9.73 Å². The lowest BCUT2D eigenvalue weighted by Gasteiger charge is -2.07. The van der Waals surface area contributed by atoms with Gasteiger partial charge in [0.15, 0.2) is 0 Å². The van der Waals surface area contributed by atoms with Gasteiger partial charge in [-0.3, -0.25) is 0 Å². The van der Waals surface area contributed by atoms with E-state index < -0.39 is 0 Å². The van der Waals surface area contributed by atoms with E-state index in [0.29, 0.717) is 18.2 Å². The first-order valence-electron chi connectivity index (χ1n) is 6.51. The van der Waals surface area contributed by atoms with Crippen molar-refractivity contribution in [1.82, 2.24) is 10.3 Å². The Morgan fingerprint density at radius 2 is 2.10 bits per heavy atom. The van der Waals surface area contributed by atoms with Crippen molar-refractivity contribution < 1.29 is 4.42 Å². The first kappa shape index (κ1) is 13.2. The minimum Gasteiger partial charge on any atom is -0.468 e. The zero-order valence-electron chi connectivity index (χ0n) is 11.2. The average Bonchev–Trinajstić information content (AvgIpc) is 2.93. The number of nitrogens with one attached hydrogen (secondary N) is 1. The van der Waals surface area contributed by atoms with Gasteiger partial charge in [0.2, 0.25) is 0 Å². The van der Waals surface area contributed by atoms with E-state index in [2.05, 4.69) is 28.5 Å². The summed E-state index contributed by atoms with van der Waals surface area (Å²) in [6.07, 6.45) is 1.67. The van der Waals surface area contributed by atoms with Gasteiger partial charge in [-0.25, -0.2) is 4.98 Å². The van der Waals surface area contributed by atoms with E-state index in [9.17, 15) is 0 Å². The van der Waals surface area contributed by atoms with Gasteiger partial charge in [0.25, 0.3) is 0 Å². The highest BCUT2D eigenvalue weighted by Gasteiger charge is 2.05. The Morgan fingerprint density at radius 1 is 1.20 bits per heavy atom. The molecule has 3 nitrogen and oxygen atoms in total. The lowest BCUT2D eigenvalue weighted by atomic mass is 10.1. The third kappa shape index (κ3) is 2.84. The summed E-state index contributed by atoms with van der Waals surface area (Å²) in [4.78, 5) is 4.45. The van der Waals surface area contributed by atoms with Crippen LogP contribution in [0.3, 0.4) is 0 Å². The van der Waals surface area contributed by atoms with Gasteiger partial charge in [-0.1, -0.05) is 23.7 Å². The van der Waals surface area contributed by atoms with E-state index in [-0.39, 0.29) is 0 Å². The second-order valence-corrected chi connectivity index (χ2v) is 5.18. The molecule has 0 bridgehead atoms. The van der Waals surface area contributed by atoms with Gasteiger partial charge in [0.05, 0.1) is 18.3 Å². The van der Waals surface area contributed by atoms with Crippen molar-refractivity contribution in [3.05, 3.63) is 64.7 Å². The number of rotatable bonds is 4. The van der Waals surface area contributed by atoms with Crippen LogP contribution >= 0.6 is 11.6 Å². The number of furan rings is 1. The molecule has 0 aliphatic carbocycles. The minimum absolute atomic E-state index is 0.551. The average molecular weight is 287 g/mol. The van der Waals surface area contributed by atoms with Crippen LogP contribution in [0.4, 0.5) is 0 Å². The number of hydrogen-bond acceptors (Lipinski definition) is 3. The standard InChI is InChI=1S/C16H15ClN2O/c1-11-4-5-12-8-13(16(17)19-15(12)7-11)9-18-10-14-3-2-6-20-14/h2-8,18H,9-10H2,1H3. The molecule has 0 saturated carbocycles. The normalized spacial score (nSPS) is 11.1. The Hall–Kier alpha value is -1.84. The second-order valence-electron chi connectivity index (χ2n) is 4.82. The summed E-state index contributed by atoms with van der Waals surface area (Å²) in [6, 6.07) is 12.1. The van der Waals surface area contributed by atoms with Gasteiger partial charge in [0.1, 0.15) is 10.9 Å². The summed E-state index contributed by atoms with van der Waals surface area (Å²) in [7, 11) is 0. The molecule has 2 heterocycles. The molecular formula is C16H15ClN2O. The van der Waals surface area contributed by atoms with Gasteiger partial charge in [-0.15, -0.1) is 0 Å². The van der Waals surface area contributed by atoms with Crippen molar-refractivity contribution in [2.75, 3.05) is 0 Å². The number of aryl methyl sites for hydroxylation is 1. The summed E-state index contributed by atoms with van der Waals surface area (Å²) in [6.45, 7) is 3.39. The lowest BCUT2D eigenvalue weighted by Crippen LogP contribution is -2.12. The molecular weight excluding hydrogens is 272 g/mol. The molecule has 0 aliphatic rings. The molecule has 1 N–H and O–H groups in total. The maximum Gasteiger partial charge on any atom is 0.134 e. The second kappa shape index (κ2) is 5.65. The third-order valence-electron chi connectivity index (χ3n) is 3.19. The number of pyridine rings is 1. The number of halogens is 1. The van der Waals surface area contributed by atoms with E-state index in [1.807, 2.05) is 25.1 Å². The summed E-state index contributed by atoms with van der Waals surface area (Å²) in [5.41, 5.74) is 3.11. The highest BCUT2D eigenvalue weighted by molar-refractivity contribution is 6.30. The molecule has 0 saturated heterocycles. The number of hydrogen-bond donors (Lipinski definition) is 1. The molecule has 0 fully saturated rings. The van der Waals surface area contributed by atoms with Crippen molar-refractivity contribution in [1.29, 1.82) is 0 Å². The lowest BCUT2D eigenvalue weighted by molar-refractivity contribution is 0.483. The number of aromatic nitrogens is 1. The van der Waals surface area contributed by atoms with Gasteiger partial charge in [-0.05, 0) is 36.8 Å². The third-order valence-corrected chi connectivity index (χ3v) is 3.52. The van der Waals surface area contributed by atoms with Crippen LogP contribution in [-0.2, 0) is 13.1 Å². The molecule has 102 valence electrons. The Balaban J connectivity index is 1.77. The largest absolute Gasteiger partial charge is 0.468 e. The van der Waals surface area contributed by atoms with E-state index in [1.165, 1.54) is 5.56 Å². The van der Waals surface area contributed by atoms with Crippen LogP contribution in [-0.4, -0.2) is 4.98 Å². The predicted molar refractivity (Wildman–Crippen MR) is 80.7 cm³/mol. The van der Waals surface area contributed by atoms with Crippen LogP contribution < -0.4 is 5.32 Å². The highest BCUT2D eigenvalue weighted by atomic mass is 35.5. The van der Waals surface area contributed by atoms with Crippen molar-refractivity contribution in [3.63, 3.8) is 0 Å². The fourth-order valence-corrected chi connectivity index (χ4v) is 2.37. The molecule has 0 spiro atoms. The Bertz CT molecular complexity index is 723. The summed E-state index contributed by atoms with van der Waals surface area (Å²) in [5, 5.41) is 4.96. The number of benzene rings is 1. The quantitative estimate of drug-likeness (QED) is 0.735. The number of fused-ring (bicyclic) bond motifs is 1. The highest BCUT2D eigenvalue weighted by Crippen LogP contribution is 2.21. The first-order valence-corrected chi connectivity index (χ1v) is 6.89. The van der Waals surface area contributed by atoms with E-state index in [1.54, 1.807) is 6.26 Å². The molecule has 3 rings (SSSR count). The SMILES string of the molecule is Cc1ccc2cc(CNCc3ccco3)c(Cl)nc2c1. The molecule has 3 aromatic rings. The Kier molecular flexibility index (Phi) is 3.72. The van der Waals surface area contributed by atoms with Crippen molar-refractivity contribution in [3.8, 4) is 0 Å². The molecule has 0 aliphatic heterocycles. The zero-order valence-corrected chi connectivity index (χ0v) is 11.9. The smallest absolute Gasteiger partial charge is 0.134 e. The van der Waals surface area contributed by atoms with Gasteiger partial charge >= 0.3 is 0 Å². The molecule has 4 heteroatoms. The van der Waals surface area contributed by atoms with Crippen LogP contribution in [0.5, 0.6) is 0 Å². The van der Waals surface area contributed by atoms with Crippen LogP contribution in [0.1, 0.15) is 16.9 Å². The van der Waals surface area contributed by atoms with Crippen LogP contribution in [0.25, 0.3) is 10.9 Å². The van der Waals surface area contributed by atoms with E-state index in [0.717, 1.165) is 22.2 Å². The topological polar surface area (TPSA) is 38.1 Å². The van der Waals surface area contributed by atoms with Crippen molar-refractivity contribution >= 4 is 22.5 Å². The minimum atomic E-state index is 0.551. The fraction of sp³-hybridized carbons (Fsp3) is 0.188. The monoisotopic (exact) mass is 286 g/mol. The molecule has 2 aromatic heterocycles. The van der Waals surface area contributed by atoms with Crippen LogP contribution in [0.15, 0.2) is 47.1 Å². The Morgan fingerprint density at radius 3 is 2.90 bits per heavy atom. The summed E-state index contributed by atoms with van der Waals surface area (Å²) < 4.78 is 5.27. The molecule has 1 aromatic carbocycles. The van der Waals surface area contributed by atoms with Gasteiger partial charge in [0, 0.05) is 17.5 Å². The van der Waals surface area contributed by atoms with Crippen LogP contribution in [0.2, 0.25) is 5.15 Å². The molecule has 0 atom stereocenters. The Labute approximate surface area is 122 Å². The molecule has 20 heavy (non-hydrogen) atoms. The summed E-state index contributed by atoms with van der Waals surface area (Å²) >= 11 is 6.24. The van der Waals surface area contributed by atoms with E-state index >= 15 is 0 Å². The molecule has 0 radical (unpaired) electrons. The first-order chi connectivity index (χ1) is 9.72. The maximum absolute atomic E-state index is 6.24. The maximum atomic E-state index is 6.24. The van der Waals surface area contributed by atoms with Crippen molar-refractivity contribution in [2.24, 2.45) is 0 Å². The molecule has 0 unspecified atom stereocenters. The van der Waals surface area contributed by atoms with Crippen LogP contribution in [0, 0.1) is 6.92 Å². The predicted octanol–water partition coefficient (Wildman–Crippen LogP) is 4.08.